The van der Waals surface area contributed by atoms with Gasteiger partial charge in [0.2, 0.25) is 0 Å². The number of sulfone groups is 1. The molecule has 1 saturated heterocycles. The van der Waals surface area contributed by atoms with Gasteiger partial charge in [0.1, 0.15) is 0 Å². The quantitative estimate of drug-likeness (QED) is 0.778. The SMILES string of the molecule is CC1CCNC2c3ccccc3CCC2S1(=O)=O. The van der Waals surface area contributed by atoms with Crippen LogP contribution in [0, 0.1) is 0 Å². The van der Waals surface area contributed by atoms with Crippen molar-refractivity contribution < 1.29 is 8.42 Å². The van der Waals surface area contributed by atoms with Crippen LogP contribution in [0.1, 0.15) is 36.9 Å². The Hall–Kier alpha value is -0.870. The Balaban J connectivity index is 2.08. The summed E-state index contributed by atoms with van der Waals surface area (Å²) >= 11 is 0. The smallest absolute Gasteiger partial charge is 0.157 e. The monoisotopic (exact) mass is 265 g/mol. The topological polar surface area (TPSA) is 46.2 Å². The first-order valence-corrected chi connectivity index (χ1v) is 8.25. The van der Waals surface area contributed by atoms with E-state index in [1.807, 2.05) is 19.1 Å². The molecule has 1 aliphatic carbocycles. The Morgan fingerprint density at radius 2 is 2.00 bits per heavy atom. The second-order valence-corrected chi connectivity index (χ2v) is 7.98. The van der Waals surface area contributed by atoms with Crippen LogP contribution in [-0.2, 0) is 16.3 Å². The highest BCUT2D eigenvalue weighted by molar-refractivity contribution is 7.92. The van der Waals surface area contributed by atoms with Crippen molar-refractivity contribution in [3.05, 3.63) is 35.4 Å². The van der Waals surface area contributed by atoms with Crippen molar-refractivity contribution >= 4 is 9.84 Å². The fourth-order valence-electron chi connectivity index (χ4n) is 3.23. The van der Waals surface area contributed by atoms with Crippen LogP contribution < -0.4 is 5.32 Å². The van der Waals surface area contributed by atoms with Gasteiger partial charge in [0.05, 0.1) is 10.5 Å². The lowest BCUT2D eigenvalue weighted by Gasteiger charge is -2.32. The lowest BCUT2D eigenvalue weighted by atomic mass is 9.87. The third kappa shape index (κ3) is 1.79. The van der Waals surface area contributed by atoms with Crippen LogP contribution in [0.15, 0.2) is 24.3 Å². The van der Waals surface area contributed by atoms with Crippen molar-refractivity contribution in [3.63, 3.8) is 0 Å². The molecule has 0 amide bonds. The Kier molecular flexibility index (Phi) is 2.94. The number of hydrogen-bond donors (Lipinski definition) is 1. The molecule has 1 fully saturated rings. The van der Waals surface area contributed by atoms with Crippen molar-refractivity contribution in [2.24, 2.45) is 0 Å². The molecule has 0 saturated carbocycles. The first-order chi connectivity index (χ1) is 8.60. The largest absolute Gasteiger partial charge is 0.309 e. The molecule has 1 N–H and O–H groups in total. The molecule has 0 spiro atoms. The number of rotatable bonds is 0. The van der Waals surface area contributed by atoms with Crippen molar-refractivity contribution in [2.45, 2.75) is 42.7 Å². The van der Waals surface area contributed by atoms with Gasteiger partial charge in [-0.1, -0.05) is 24.3 Å². The minimum atomic E-state index is -3.00. The van der Waals surface area contributed by atoms with Crippen LogP contribution in [-0.4, -0.2) is 25.5 Å². The fraction of sp³-hybridized carbons (Fsp3) is 0.571. The zero-order valence-electron chi connectivity index (χ0n) is 10.6. The Bertz CT molecular complexity index is 553. The number of aryl methyl sites for hydroxylation is 1. The lowest BCUT2D eigenvalue weighted by Crippen LogP contribution is -2.40. The molecule has 98 valence electrons. The summed E-state index contributed by atoms with van der Waals surface area (Å²) in [4.78, 5) is 0. The molecule has 3 rings (SSSR count). The molecule has 0 aromatic heterocycles. The Labute approximate surface area is 109 Å². The number of hydrogen-bond acceptors (Lipinski definition) is 3. The second kappa shape index (κ2) is 4.35. The zero-order chi connectivity index (χ0) is 12.8. The summed E-state index contributed by atoms with van der Waals surface area (Å²) in [5.41, 5.74) is 2.49. The highest BCUT2D eigenvalue weighted by atomic mass is 32.2. The maximum atomic E-state index is 12.5. The van der Waals surface area contributed by atoms with Gasteiger partial charge < -0.3 is 5.32 Å². The van der Waals surface area contributed by atoms with Crippen LogP contribution in [0.2, 0.25) is 0 Å². The number of fused-ring (bicyclic) bond motifs is 3. The summed E-state index contributed by atoms with van der Waals surface area (Å²) in [7, 11) is -3.00. The molecule has 1 aliphatic heterocycles. The highest BCUT2D eigenvalue weighted by Gasteiger charge is 2.42. The van der Waals surface area contributed by atoms with Crippen molar-refractivity contribution in [2.75, 3.05) is 6.54 Å². The van der Waals surface area contributed by atoms with E-state index in [4.69, 9.17) is 0 Å². The van der Waals surface area contributed by atoms with Gasteiger partial charge in [0.15, 0.2) is 9.84 Å². The summed E-state index contributed by atoms with van der Waals surface area (Å²) in [5, 5.41) is 2.98. The molecule has 3 atom stereocenters. The summed E-state index contributed by atoms with van der Waals surface area (Å²) in [6.45, 7) is 2.63. The normalized spacial score (nSPS) is 34.2. The van der Waals surface area contributed by atoms with Crippen LogP contribution >= 0.6 is 0 Å². The van der Waals surface area contributed by atoms with Gasteiger partial charge in [-0.3, -0.25) is 0 Å². The molecule has 4 heteroatoms. The van der Waals surface area contributed by atoms with Gasteiger partial charge in [-0.15, -0.1) is 0 Å². The van der Waals surface area contributed by atoms with E-state index in [0.717, 1.165) is 25.8 Å². The maximum absolute atomic E-state index is 12.5. The summed E-state index contributed by atoms with van der Waals surface area (Å²) in [6.07, 6.45) is 2.35. The first-order valence-electron chi connectivity index (χ1n) is 6.64. The van der Waals surface area contributed by atoms with E-state index in [0.29, 0.717) is 0 Å². The average molecular weight is 265 g/mol. The van der Waals surface area contributed by atoms with E-state index in [-0.39, 0.29) is 16.5 Å². The van der Waals surface area contributed by atoms with Gasteiger partial charge in [-0.2, -0.15) is 0 Å². The van der Waals surface area contributed by atoms with Gasteiger partial charge in [0.25, 0.3) is 0 Å². The minimum Gasteiger partial charge on any atom is -0.309 e. The van der Waals surface area contributed by atoms with E-state index < -0.39 is 9.84 Å². The van der Waals surface area contributed by atoms with Crippen LogP contribution in [0.5, 0.6) is 0 Å². The average Bonchev–Trinajstić information content (AvgIpc) is 2.48. The third-order valence-corrected chi connectivity index (χ3v) is 7.07. The van der Waals surface area contributed by atoms with Crippen molar-refractivity contribution in [1.82, 2.24) is 5.32 Å². The lowest BCUT2D eigenvalue weighted by molar-refractivity contribution is 0.464. The summed E-state index contributed by atoms with van der Waals surface area (Å²) < 4.78 is 25.1. The van der Waals surface area contributed by atoms with Crippen LogP contribution in [0.25, 0.3) is 0 Å². The summed E-state index contributed by atoms with van der Waals surface area (Å²) in [6, 6.07) is 8.22. The molecule has 18 heavy (non-hydrogen) atoms. The van der Waals surface area contributed by atoms with E-state index in [1.165, 1.54) is 11.1 Å². The van der Waals surface area contributed by atoms with Crippen molar-refractivity contribution in [3.8, 4) is 0 Å². The number of benzene rings is 1. The van der Waals surface area contributed by atoms with Gasteiger partial charge in [0, 0.05) is 6.04 Å². The second-order valence-electron chi connectivity index (χ2n) is 5.40. The van der Waals surface area contributed by atoms with E-state index >= 15 is 0 Å². The Morgan fingerprint density at radius 1 is 1.22 bits per heavy atom. The van der Waals surface area contributed by atoms with E-state index in [2.05, 4.69) is 17.4 Å². The maximum Gasteiger partial charge on any atom is 0.157 e. The summed E-state index contributed by atoms with van der Waals surface area (Å²) in [5.74, 6) is 0. The molecule has 1 aromatic rings. The molecule has 0 radical (unpaired) electrons. The van der Waals surface area contributed by atoms with E-state index in [1.54, 1.807) is 0 Å². The zero-order valence-corrected chi connectivity index (χ0v) is 11.4. The van der Waals surface area contributed by atoms with Crippen LogP contribution in [0.3, 0.4) is 0 Å². The molecular formula is C14H19NO2S. The van der Waals surface area contributed by atoms with Gasteiger partial charge in [-0.05, 0) is 43.9 Å². The molecule has 3 nitrogen and oxygen atoms in total. The van der Waals surface area contributed by atoms with Gasteiger partial charge >= 0.3 is 0 Å². The van der Waals surface area contributed by atoms with Gasteiger partial charge in [-0.25, -0.2) is 8.42 Å². The van der Waals surface area contributed by atoms with Crippen molar-refractivity contribution in [1.29, 1.82) is 0 Å². The molecule has 2 aliphatic rings. The molecule has 1 aromatic carbocycles. The minimum absolute atomic E-state index is 0.00935. The highest BCUT2D eigenvalue weighted by Crippen LogP contribution is 2.37. The van der Waals surface area contributed by atoms with E-state index in [9.17, 15) is 8.42 Å². The predicted molar refractivity (Wildman–Crippen MR) is 72.3 cm³/mol. The fourth-order valence-corrected chi connectivity index (χ4v) is 5.34. The Morgan fingerprint density at radius 3 is 2.83 bits per heavy atom. The molecule has 3 unspecified atom stereocenters. The predicted octanol–water partition coefficient (Wildman–Crippen LogP) is 1.84. The molecule has 0 bridgehead atoms. The molecular weight excluding hydrogens is 246 g/mol. The standard InChI is InChI=1S/C14H19NO2S/c1-10-8-9-15-14-12-5-3-2-4-11(12)6-7-13(14)18(10,16)17/h2-5,10,13-15H,6-9H2,1H3. The van der Waals surface area contributed by atoms with Crippen LogP contribution in [0.4, 0.5) is 0 Å². The number of nitrogens with one attached hydrogen (secondary N) is 1. The third-order valence-electron chi connectivity index (χ3n) is 4.36. The first kappa shape index (κ1) is 12.2. The molecule has 1 heterocycles.